The molecule has 3 nitrogen and oxygen atoms in total. The first-order chi connectivity index (χ1) is 9.38. The van der Waals surface area contributed by atoms with Crippen LogP contribution in [-0.2, 0) is 6.42 Å². The zero-order valence-corrected chi connectivity index (χ0v) is 12.5. The van der Waals surface area contributed by atoms with Gasteiger partial charge in [0.2, 0.25) is 0 Å². The molecular weight excluding hydrogens is 254 g/mol. The van der Waals surface area contributed by atoms with Crippen molar-refractivity contribution in [2.24, 2.45) is 5.92 Å². The highest BCUT2D eigenvalue weighted by Crippen LogP contribution is 2.39. The number of piperidine rings is 3. The Kier molecular flexibility index (Phi) is 4.28. The molecule has 19 heavy (non-hydrogen) atoms. The third-order valence-corrected chi connectivity index (χ3v) is 5.12. The predicted octanol–water partition coefficient (Wildman–Crippen LogP) is 3.25. The topological polar surface area (TPSA) is 29.0 Å². The van der Waals surface area contributed by atoms with E-state index in [0.717, 1.165) is 25.2 Å². The van der Waals surface area contributed by atoms with E-state index in [1.54, 1.807) is 0 Å². The lowest BCUT2D eigenvalue weighted by atomic mass is 9.77. The summed E-state index contributed by atoms with van der Waals surface area (Å²) in [5.74, 6) is 1.52. The van der Waals surface area contributed by atoms with Gasteiger partial charge in [-0.2, -0.15) is 8.75 Å². The number of fused-ring (bicyclic) bond motifs is 3. The lowest BCUT2D eigenvalue weighted by molar-refractivity contribution is 0.0853. The highest BCUT2D eigenvalue weighted by molar-refractivity contribution is 6.99. The summed E-state index contributed by atoms with van der Waals surface area (Å²) in [4.78, 5) is 2.60. The zero-order chi connectivity index (χ0) is 13.1. The molecule has 3 aliphatic heterocycles. The van der Waals surface area contributed by atoms with E-state index in [2.05, 4.69) is 32.7 Å². The summed E-state index contributed by atoms with van der Waals surface area (Å²) in [6.45, 7) is 5.99. The molecule has 1 aromatic heterocycles. The van der Waals surface area contributed by atoms with Crippen molar-refractivity contribution in [3.8, 4) is 0 Å². The van der Waals surface area contributed by atoms with Gasteiger partial charge in [0, 0.05) is 12.5 Å². The molecule has 0 spiro atoms. The second kappa shape index (κ2) is 6.14. The lowest BCUT2D eigenvalue weighted by Crippen LogP contribution is -2.46. The van der Waals surface area contributed by atoms with E-state index in [4.69, 9.17) is 0 Å². The molecule has 104 valence electrons. The minimum absolute atomic E-state index is 0.659. The molecule has 2 bridgehead atoms. The Morgan fingerprint density at radius 1 is 1.26 bits per heavy atom. The standard InChI is InChI=1S/C15H23N3S/c1-2-3-4-5-6-14-15(17-19-16-14)13-11-18-9-7-12(13)8-10-18/h3-4,12-13H,2,5-11H2,1H3. The molecule has 1 atom stereocenters. The number of hydrogen-bond donors (Lipinski definition) is 0. The van der Waals surface area contributed by atoms with Crippen LogP contribution in [0.1, 0.15) is 49.9 Å². The van der Waals surface area contributed by atoms with Gasteiger partial charge in [-0.05, 0) is 51.1 Å². The van der Waals surface area contributed by atoms with E-state index in [0.29, 0.717) is 5.92 Å². The van der Waals surface area contributed by atoms with Crippen LogP contribution in [0.3, 0.4) is 0 Å². The highest BCUT2D eigenvalue weighted by Gasteiger charge is 2.37. The van der Waals surface area contributed by atoms with E-state index in [-0.39, 0.29) is 0 Å². The van der Waals surface area contributed by atoms with Gasteiger partial charge in [0.1, 0.15) is 0 Å². The Balaban J connectivity index is 1.68. The number of allylic oxidation sites excluding steroid dienone is 2. The predicted molar refractivity (Wildman–Crippen MR) is 79.6 cm³/mol. The molecule has 3 fully saturated rings. The van der Waals surface area contributed by atoms with Gasteiger partial charge in [-0.1, -0.05) is 19.1 Å². The fourth-order valence-electron chi connectivity index (χ4n) is 3.45. The first-order valence-electron chi connectivity index (χ1n) is 7.57. The number of aryl methyl sites for hydroxylation is 1. The average Bonchev–Trinajstić information content (AvgIpc) is 2.93. The van der Waals surface area contributed by atoms with Crippen molar-refractivity contribution in [2.45, 2.75) is 44.9 Å². The monoisotopic (exact) mass is 277 g/mol. The SMILES string of the molecule is CCC=CCCc1nsnc1C1CN2CCC1CC2. The number of aromatic nitrogens is 2. The van der Waals surface area contributed by atoms with Crippen LogP contribution >= 0.6 is 11.7 Å². The second-order valence-corrected chi connectivity index (χ2v) is 6.29. The maximum Gasteiger partial charge on any atom is 0.0821 e. The summed E-state index contributed by atoms with van der Waals surface area (Å²) < 4.78 is 9.19. The summed E-state index contributed by atoms with van der Waals surface area (Å²) in [7, 11) is 0. The summed E-state index contributed by atoms with van der Waals surface area (Å²) >= 11 is 1.41. The molecule has 1 aromatic rings. The van der Waals surface area contributed by atoms with E-state index in [1.807, 2.05) is 0 Å². The van der Waals surface area contributed by atoms with Crippen molar-refractivity contribution in [3.63, 3.8) is 0 Å². The molecule has 0 saturated carbocycles. The normalized spacial score (nSPS) is 30.3. The van der Waals surface area contributed by atoms with Crippen molar-refractivity contribution in [1.82, 2.24) is 13.6 Å². The Morgan fingerprint density at radius 2 is 2.11 bits per heavy atom. The average molecular weight is 277 g/mol. The van der Waals surface area contributed by atoms with Gasteiger partial charge in [0.05, 0.1) is 23.1 Å². The van der Waals surface area contributed by atoms with Crippen molar-refractivity contribution < 1.29 is 0 Å². The molecule has 0 N–H and O–H groups in total. The van der Waals surface area contributed by atoms with Gasteiger partial charge in [0.25, 0.3) is 0 Å². The van der Waals surface area contributed by atoms with Crippen molar-refractivity contribution >= 4 is 11.7 Å². The molecule has 4 heterocycles. The van der Waals surface area contributed by atoms with Crippen LogP contribution in [-0.4, -0.2) is 33.3 Å². The fourth-order valence-corrected chi connectivity index (χ4v) is 4.10. The van der Waals surface area contributed by atoms with Crippen LogP contribution < -0.4 is 0 Å². The lowest BCUT2D eigenvalue weighted by Gasteiger charge is -2.44. The second-order valence-electron chi connectivity index (χ2n) is 5.76. The Labute approximate surface area is 120 Å². The molecule has 3 aliphatic rings. The van der Waals surface area contributed by atoms with Crippen molar-refractivity contribution in [2.75, 3.05) is 19.6 Å². The van der Waals surface area contributed by atoms with Crippen LogP contribution in [0.4, 0.5) is 0 Å². The molecule has 4 rings (SSSR count). The summed E-state index contributed by atoms with van der Waals surface area (Å²) in [5.41, 5.74) is 2.59. The largest absolute Gasteiger partial charge is 0.303 e. The van der Waals surface area contributed by atoms with E-state index < -0.39 is 0 Å². The highest BCUT2D eigenvalue weighted by atomic mass is 32.1. The number of nitrogens with zero attached hydrogens (tertiary/aromatic N) is 3. The molecule has 1 unspecified atom stereocenters. The van der Waals surface area contributed by atoms with Gasteiger partial charge in [-0.25, -0.2) is 0 Å². The van der Waals surface area contributed by atoms with Gasteiger partial charge >= 0.3 is 0 Å². The summed E-state index contributed by atoms with van der Waals surface area (Å²) in [5, 5.41) is 0. The van der Waals surface area contributed by atoms with Gasteiger partial charge in [-0.3, -0.25) is 0 Å². The first kappa shape index (κ1) is 13.3. The Morgan fingerprint density at radius 3 is 2.79 bits per heavy atom. The number of hydrogen-bond acceptors (Lipinski definition) is 4. The molecular formula is C15H23N3S. The van der Waals surface area contributed by atoms with Crippen LogP contribution in [0.15, 0.2) is 12.2 Å². The number of rotatable bonds is 5. The third-order valence-electron chi connectivity index (χ3n) is 4.54. The summed E-state index contributed by atoms with van der Waals surface area (Å²) in [6.07, 6.45) is 10.5. The van der Waals surface area contributed by atoms with Crippen LogP contribution in [0.2, 0.25) is 0 Å². The Hall–Kier alpha value is -0.740. The van der Waals surface area contributed by atoms with E-state index in [9.17, 15) is 0 Å². The zero-order valence-electron chi connectivity index (χ0n) is 11.7. The smallest absolute Gasteiger partial charge is 0.0821 e. The maximum absolute atomic E-state index is 4.64. The Bertz CT molecular complexity index is 432. The third kappa shape index (κ3) is 2.90. The maximum atomic E-state index is 4.64. The molecule has 0 amide bonds. The first-order valence-corrected chi connectivity index (χ1v) is 8.30. The van der Waals surface area contributed by atoms with E-state index in [1.165, 1.54) is 55.6 Å². The van der Waals surface area contributed by atoms with Crippen LogP contribution in [0.5, 0.6) is 0 Å². The van der Waals surface area contributed by atoms with Gasteiger partial charge in [0.15, 0.2) is 0 Å². The minimum atomic E-state index is 0.659. The molecule has 0 aliphatic carbocycles. The van der Waals surface area contributed by atoms with Crippen LogP contribution in [0, 0.1) is 5.92 Å². The van der Waals surface area contributed by atoms with Crippen LogP contribution in [0.25, 0.3) is 0 Å². The van der Waals surface area contributed by atoms with Crippen molar-refractivity contribution in [3.05, 3.63) is 23.5 Å². The fraction of sp³-hybridized carbons (Fsp3) is 0.733. The van der Waals surface area contributed by atoms with Gasteiger partial charge in [-0.15, -0.1) is 0 Å². The molecule has 0 radical (unpaired) electrons. The van der Waals surface area contributed by atoms with Gasteiger partial charge < -0.3 is 4.90 Å². The quantitative estimate of drug-likeness (QED) is 0.774. The minimum Gasteiger partial charge on any atom is -0.303 e. The molecule has 3 saturated heterocycles. The summed E-state index contributed by atoms with van der Waals surface area (Å²) in [6, 6.07) is 0. The molecule has 4 heteroatoms. The van der Waals surface area contributed by atoms with E-state index >= 15 is 0 Å². The van der Waals surface area contributed by atoms with Crippen molar-refractivity contribution in [1.29, 1.82) is 0 Å². The molecule has 0 aromatic carbocycles.